The summed E-state index contributed by atoms with van der Waals surface area (Å²) >= 11 is 0. The standard InChI is InChI=1S/C12H20N2O3/c1-4-6-9-11(16)14(12(17)13-9)7-10(15)8(3)5-2/h8-9H,4-7H2,1-3H3,(H,13,17). The van der Waals surface area contributed by atoms with Crippen molar-refractivity contribution in [2.75, 3.05) is 6.54 Å². The van der Waals surface area contributed by atoms with Crippen LogP contribution in [0.25, 0.3) is 0 Å². The number of nitrogens with one attached hydrogen (secondary N) is 1. The molecular formula is C12H20N2O3. The van der Waals surface area contributed by atoms with E-state index in [-0.39, 0.29) is 24.2 Å². The van der Waals surface area contributed by atoms with Gasteiger partial charge < -0.3 is 5.32 Å². The highest BCUT2D eigenvalue weighted by molar-refractivity contribution is 6.06. The van der Waals surface area contributed by atoms with Crippen molar-refractivity contribution in [3.8, 4) is 0 Å². The van der Waals surface area contributed by atoms with Crippen molar-refractivity contribution in [3.05, 3.63) is 0 Å². The third-order valence-corrected chi connectivity index (χ3v) is 3.16. The van der Waals surface area contributed by atoms with Crippen LogP contribution >= 0.6 is 0 Å². The molecule has 1 rings (SSSR count). The number of carbonyl (C=O) groups is 3. The van der Waals surface area contributed by atoms with Crippen LogP contribution in [0.15, 0.2) is 0 Å². The van der Waals surface area contributed by atoms with E-state index in [4.69, 9.17) is 0 Å². The predicted molar refractivity (Wildman–Crippen MR) is 63.4 cm³/mol. The summed E-state index contributed by atoms with van der Waals surface area (Å²) in [6.07, 6.45) is 2.17. The molecule has 2 atom stereocenters. The lowest BCUT2D eigenvalue weighted by Gasteiger charge is -2.14. The second-order valence-corrected chi connectivity index (χ2v) is 4.49. The van der Waals surface area contributed by atoms with E-state index in [1.54, 1.807) is 0 Å². The monoisotopic (exact) mass is 240 g/mol. The van der Waals surface area contributed by atoms with Crippen molar-refractivity contribution in [1.82, 2.24) is 10.2 Å². The molecule has 1 aliphatic rings. The molecule has 1 heterocycles. The van der Waals surface area contributed by atoms with Crippen molar-refractivity contribution < 1.29 is 14.4 Å². The van der Waals surface area contributed by atoms with Crippen LogP contribution in [0, 0.1) is 5.92 Å². The van der Waals surface area contributed by atoms with Crippen molar-refractivity contribution >= 4 is 17.7 Å². The van der Waals surface area contributed by atoms with Crippen LogP contribution in [0.2, 0.25) is 0 Å². The van der Waals surface area contributed by atoms with Gasteiger partial charge in [-0.25, -0.2) is 4.79 Å². The van der Waals surface area contributed by atoms with E-state index in [0.29, 0.717) is 6.42 Å². The van der Waals surface area contributed by atoms with Crippen LogP contribution in [0.5, 0.6) is 0 Å². The molecule has 5 heteroatoms. The van der Waals surface area contributed by atoms with E-state index in [2.05, 4.69) is 5.32 Å². The van der Waals surface area contributed by atoms with Crippen LogP contribution in [0.1, 0.15) is 40.0 Å². The Morgan fingerprint density at radius 3 is 2.59 bits per heavy atom. The van der Waals surface area contributed by atoms with Gasteiger partial charge in [-0.1, -0.05) is 27.2 Å². The van der Waals surface area contributed by atoms with E-state index < -0.39 is 12.1 Å². The highest BCUT2D eigenvalue weighted by atomic mass is 16.2. The quantitative estimate of drug-likeness (QED) is 0.712. The zero-order chi connectivity index (χ0) is 13.0. The maximum atomic E-state index is 11.8. The van der Waals surface area contributed by atoms with Crippen molar-refractivity contribution in [3.63, 3.8) is 0 Å². The molecular weight excluding hydrogens is 220 g/mol. The van der Waals surface area contributed by atoms with Crippen molar-refractivity contribution in [2.45, 2.75) is 46.1 Å². The Bertz CT molecular complexity index is 328. The number of rotatable bonds is 6. The molecule has 17 heavy (non-hydrogen) atoms. The largest absolute Gasteiger partial charge is 0.326 e. The fraction of sp³-hybridized carbons (Fsp3) is 0.750. The first-order valence-corrected chi connectivity index (χ1v) is 6.15. The number of Topliss-reactive ketones (excluding diaryl/α,β-unsaturated/α-hetero) is 1. The average molecular weight is 240 g/mol. The van der Waals surface area contributed by atoms with Gasteiger partial charge >= 0.3 is 6.03 Å². The lowest BCUT2D eigenvalue weighted by Crippen LogP contribution is -2.37. The molecule has 0 saturated carbocycles. The molecule has 0 spiro atoms. The van der Waals surface area contributed by atoms with Gasteiger partial charge in [-0.3, -0.25) is 14.5 Å². The zero-order valence-corrected chi connectivity index (χ0v) is 10.7. The SMILES string of the molecule is CCCC1NC(=O)N(CC(=O)C(C)CC)C1=O. The number of amides is 3. The molecule has 0 aliphatic carbocycles. The first-order chi connectivity index (χ1) is 8.01. The zero-order valence-electron chi connectivity index (χ0n) is 10.7. The Morgan fingerprint density at radius 1 is 1.41 bits per heavy atom. The van der Waals surface area contributed by atoms with Gasteiger partial charge in [0.1, 0.15) is 6.04 Å². The van der Waals surface area contributed by atoms with E-state index in [1.165, 1.54) is 0 Å². The lowest BCUT2D eigenvalue weighted by atomic mass is 10.0. The molecule has 5 nitrogen and oxygen atoms in total. The number of nitrogens with zero attached hydrogens (tertiary/aromatic N) is 1. The topological polar surface area (TPSA) is 66.5 Å². The fourth-order valence-electron chi connectivity index (χ4n) is 1.75. The number of ketones is 1. The van der Waals surface area contributed by atoms with E-state index in [9.17, 15) is 14.4 Å². The Kier molecular flexibility index (Phi) is 4.66. The molecule has 96 valence electrons. The maximum Gasteiger partial charge on any atom is 0.325 e. The Balaban J connectivity index is 2.63. The Labute approximate surface area is 102 Å². The lowest BCUT2D eigenvalue weighted by molar-refractivity contribution is -0.132. The van der Waals surface area contributed by atoms with Crippen LogP contribution < -0.4 is 5.32 Å². The number of urea groups is 1. The maximum absolute atomic E-state index is 11.8. The summed E-state index contributed by atoms with van der Waals surface area (Å²) in [5.41, 5.74) is 0. The summed E-state index contributed by atoms with van der Waals surface area (Å²) in [4.78, 5) is 36.1. The first kappa shape index (κ1) is 13.7. The molecule has 0 aromatic rings. The molecule has 1 N–H and O–H groups in total. The predicted octanol–water partition coefficient (Wildman–Crippen LogP) is 1.32. The summed E-state index contributed by atoms with van der Waals surface area (Å²) in [6.45, 7) is 5.57. The third kappa shape index (κ3) is 3.05. The van der Waals surface area contributed by atoms with Gasteiger partial charge in [-0.2, -0.15) is 0 Å². The normalized spacial score (nSPS) is 21.6. The van der Waals surface area contributed by atoms with E-state index in [0.717, 1.165) is 17.7 Å². The minimum atomic E-state index is -0.447. The summed E-state index contributed by atoms with van der Waals surface area (Å²) in [7, 11) is 0. The van der Waals surface area contributed by atoms with Gasteiger partial charge in [0.25, 0.3) is 5.91 Å². The number of hydrogen-bond donors (Lipinski definition) is 1. The molecule has 0 aromatic carbocycles. The second kappa shape index (κ2) is 5.80. The first-order valence-electron chi connectivity index (χ1n) is 6.15. The second-order valence-electron chi connectivity index (χ2n) is 4.49. The third-order valence-electron chi connectivity index (χ3n) is 3.16. The average Bonchev–Trinajstić information content (AvgIpc) is 2.56. The molecule has 1 aliphatic heterocycles. The molecule has 0 radical (unpaired) electrons. The highest BCUT2D eigenvalue weighted by Gasteiger charge is 2.38. The fourth-order valence-corrected chi connectivity index (χ4v) is 1.75. The van der Waals surface area contributed by atoms with Gasteiger partial charge in [-0.05, 0) is 12.8 Å². The smallest absolute Gasteiger partial charge is 0.325 e. The Morgan fingerprint density at radius 2 is 2.06 bits per heavy atom. The van der Waals surface area contributed by atoms with Gasteiger partial charge in [0, 0.05) is 5.92 Å². The van der Waals surface area contributed by atoms with Gasteiger partial charge in [0.05, 0.1) is 6.54 Å². The van der Waals surface area contributed by atoms with Crippen LogP contribution in [-0.4, -0.2) is 35.2 Å². The van der Waals surface area contributed by atoms with E-state index >= 15 is 0 Å². The summed E-state index contributed by atoms with van der Waals surface area (Å²) in [5.74, 6) is -0.442. The van der Waals surface area contributed by atoms with Crippen molar-refractivity contribution in [1.29, 1.82) is 0 Å². The summed E-state index contributed by atoms with van der Waals surface area (Å²) in [6, 6.07) is -0.887. The van der Waals surface area contributed by atoms with E-state index in [1.807, 2.05) is 20.8 Å². The van der Waals surface area contributed by atoms with Crippen LogP contribution in [-0.2, 0) is 9.59 Å². The van der Waals surface area contributed by atoms with Gasteiger partial charge in [-0.15, -0.1) is 0 Å². The van der Waals surface area contributed by atoms with Crippen molar-refractivity contribution in [2.24, 2.45) is 5.92 Å². The summed E-state index contributed by atoms with van der Waals surface area (Å²) in [5, 5.41) is 2.60. The van der Waals surface area contributed by atoms with Gasteiger partial charge in [0.15, 0.2) is 5.78 Å². The number of imide groups is 1. The van der Waals surface area contributed by atoms with Crippen LogP contribution in [0.4, 0.5) is 4.79 Å². The summed E-state index contributed by atoms with van der Waals surface area (Å²) < 4.78 is 0. The minimum absolute atomic E-state index is 0.0619. The highest BCUT2D eigenvalue weighted by Crippen LogP contribution is 2.12. The molecule has 1 fully saturated rings. The molecule has 2 unspecified atom stereocenters. The molecule has 0 aromatic heterocycles. The van der Waals surface area contributed by atoms with Crippen LogP contribution in [0.3, 0.4) is 0 Å². The minimum Gasteiger partial charge on any atom is -0.326 e. The number of hydrogen-bond acceptors (Lipinski definition) is 3. The molecule has 0 bridgehead atoms. The van der Waals surface area contributed by atoms with Gasteiger partial charge in [0.2, 0.25) is 0 Å². The molecule has 1 saturated heterocycles. The Hall–Kier alpha value is -1.39. The number of carbonyl (C=O) groups excluding carboxylic acids is 3. The molecule has 3 amide bonds.